The highest BCUT2D eigenvalue weighted by Gasteiger charge is 2.45. The number of benzene rings is 6. The van der Waals surface area contributed by atoms with Crippen LogP contribution in [-0.2, 0) is 31.7 Å². The Bertz CT molecular complexity index is 2230. The zero-order valence-electron chi connectivity index (χ0n) is 30.5. The lowest BCUT2D eigenvalue weighted by molar-refractivity contribution is -0.135. The summed E-state index contributed by atoms with van der Waals surface area (Å²) in [5.74, 6) is -1.18. The largest absolute Gasteiger partial charge is 0.457 e. The molecule has 0 unspecified atom stereocenters. The molecule has 0 atom stereocenters. The molecule has 0 saturated heterocycles. The van der Waals surface area contributed by atoms with Crippen LogP contribution in [-0.4, -0.2) is 23.3 Å². The minimum absolute atomic E-state index is 0.126. The zero-order chi connectivity index (χ0) is 39.7. The fourth-order valence-corrected chi connectivity index (χ4v) is 7.73. The molecule has 1 aromatic heterocycles. The summed E-state index contributed by atoms with van der Waals surface area (Å²) in [6.07, 6.45) is -3.65. The van der Waals surface area contributed by atoms with Crippen molar-refractivity contribution in [3.63, 3.8) is 0 Å². The first-order chi connectivity index (χ1) is 27.8. The number of hydrogen-bond donors (Lipinski definition) is 1. The van der Waals surface area contributed by atoms with E-state index in [1.165, 1.54) is 6.08 Å². The number of carbonyl (C=O) groups excluding carboxylic acids is 1. The van der Waals surface area contributed by atoms with Crippen LogP contribution in [0.25, 0.3) is 0 Å². The third kappa shape index (κ3) is 7.85. The van der Waals surface area contributed by atoms with Crippen molar-refractivity contribution in [2.45, 2.75) is 17.3 Å². The molecule has 6 aromatic carbocycles. The highest BCUT2D eigenvalue weighted by Crippen LogP contribution is 2.45. The van der Waals surface area contributed by atoms with E-state index in [2.05, 4.69) is 22.0 Å². The van der Waals surface area contributed by atoms with Crippen LogP contribution in [0.4, 0.5) is 18.3 Å². The fraction of sp³-hybridized carbons (Fsp3) is 0.0851. The molecule has 0 amide bonds. The molecule has 1 heterocycles. The van der Waals surface area contributed by atoms with E-state index >= 15 is 13.2 Å². The molecule has 0 aliphatic carbocycles. The Balaban J connectivity index is 1.45. The minimum atomic E-state index is -4.96. The number of hydrogen-bond acceptors (Lipinski definition) is 7. The van der Waals surface area contributed by atoms with Crippen molar-refractivity contribution in [3.8, 4) is 0 Å². The number of anilines is 1. The van der Waals surface area contributed by atoms with E-state index in [0.29, 0.717) is 28.0 Å². The van der Waals surface area contributed by atoms with Gasteiger partial charge in [0, 0.05) is 16.7 Å². The van der Waals surface area contributed by atoms with Gasteiger partial charge in [0.05, 0.1) is 0 Å². The van der Waals surface area contributed by atoms with Gasteiger partial charge in [-0.1, -0.05) is 211 Å². The Morgan fingerprint density at radius 1 is 0.632 bits per heavy atom. The van der Waals surface area contributed by atoms with E-state index in [-0.39, 0.29) is 11.7 Å². The Hall–Kier alpha value is -6.78. The van der Waals surface area contributed by atoms with Gasteiger partial charge >= 0.3 is 12.1 Å². The number of thiazole rings is 1. The normalized spacial score (nSPS) is 12.1. The number of halogens is 3. The summed E-state index contributed by atoms with van der Waals surface area (Å²) in [7, 11) is 0. The van der Waals surface area contributed by atoms with Crippen LogP contribution in [0, 0.1) is 0 Å². The summed E-state index contributed by atoms with van der Waals surface area (Å²) in [5.41, 5.74) is -0.203. The Morgan fingerprint density at radius 3 is 1.35 bits per heavy atom. The number of rotatable bonds is 14. The lowest BCUT2D eigenvalue weighted by Gasteiger charge is -2.36. The van der Waals surface area contributed by atoms with Crippen LogP contribution < -0.4 is 5.32 Å². The summed E-state index contributed by atoms with van der Waals surface area (Å²) in [6, 6.07) is 55.6. The molecule has 0 radical (unpaired) electrons. The van der Waals surface area contributed by atoms with Gasteiger partial charge in [0.25, 0.3) is 0 Å². The van der Waals surface area contributed by atoms with Crippen molar-refractivity contribution < 1.29 is 27.5 Å². The second-order valence-electron chi connectivity index (χ2n) is 12.9. The van der Waals surface area contributed by atoms with Crippen molar-refractivity contribution in [1.82, 2.24) is 4.98 Å². The Kier molecular flexibility index (Phi) is 11.4. The summed E-state index contributed by atoms with van der Waals surface area (Å²) < 4.78 is 51.2. The molecule has 57 heavy (non-hydrogen) atoms. The molecule has 1 N–H and O–H groups in total. The van der Waals surface area contributed by atoms with Gasteiger partial charge in [0.1, 0.15) is 22.7 Å². The van der Waals surface area contributed by atoms with Crippen molar-refractivity contribution in [3.05, 3.63) is 239 Å². The van der Waals surface area contributed by atoms with Gasteiger partial charge in [-0.05, 0) is 16.7 Å². The lowest BCUT2D eigenvalue weighted by Crippen LogP contribution is -2.38. The number of carbonyl (C=O) groups is 1. The van der Waals surface area contributed by atoms with Gasteiger partial charge in [0.2, 0.25) is 11.3 Å². The number of oxime groups is 1. The summed E-state index contributed by atoms with van der Waals surface area (Å²) in [6.45, 7) is 3.31. The summed E-state index contributed by atoms with van der Waals surface area (Å²) in [5, 5.41) is 7.61. The molecule has 0 aliphatic rings. The van der Waals surface area contributed by atoms with Gasteiger partial charge in [-0.25, -0.2) is 9.78 Å². The summed E-state index contributed by atoms with van der Waals surface area (Å²) >= 11 is 0.358. The molecule has 7 aromatic rings. The van der Waals surface area contributed by atoms with E-state index in [0.717, 1.165) is 16.7 Å². The Labute approximate surface area is 332 Å². The number of alkyl halides is 3. The van der Waals surface area contributed by atoms with Crippen LogP contribution >= 0.6 is 11.3 Å². The maximum Gasteiger partial charge on any atom is 0.427 e. The average Bonchev–Trinajstić information content (AvgIpc) is 3.69. The van der Waals surface area contributed by atoms with Crippen molar-refractivity contribution in [1.29, 1.82) is 0 Å². The zero-order valence-corrected chi connectivity index (χ0v) is 31.3. The van der Waals surface area contributed by atoms with Crippen LogP contribution in [0.15, 0.2) is 200 Å². The Morgan fingerprint density at radius 2 is 1.00 bits per heavy atom. The molecule has 10 heteroatoms. The van der Waals surface area contributed by atoms with E-state index in [4.69, 9.17) is 9.57 Å². The van der Waals surface area contributed by atoms with E-state index < -0.39 is 39.6 Å². The molecule has 284 valence electrons. The molecule has 7 rings (SSSR count). The van der Waals surface area contributed by atoms with Gasteiger partial charge in [-0.15, -0.1) is 0 Å². The highest BCUT2D eigenvalue weighted by atomic mass is 32.1. The molecule has 0 bridgehead atoms. The second kappa shape index (κ2) is 16.9. The SMILES string of the molecule is C=CCOC(=O)/C(=N\OC(c1ccccc1)(c1ccccc1)c1ccccc1)c1nc(NC(c2ccccc2)(c2ccccc2)c2ccccc2)sc1C(F)(F)F. The molecule has 0 saturated carbocycles. The van der Waals surface area contributed by atoms with Crippen molar-refractivity contribution in [2.24, 2.45) is 5.16 Å². The molecule has 0 fully saturated rings. The fourth-order valence-electron chi connectivity index (χ4n) is 6.84. The smallest absolute Gasteiger partial charge is 0.427 e. The van der Waals surface area contributed by atoms with Crippen LogP contribution in [0.3, 0.4) is 0 Å². The molecule has 0 spiro atoms. The highest BCUT2D eigenvalue weighted by molar-refractivity contribution is 7.16. The molecular formula is C47H36F3N3O3S. The minimum Gasteiger partial charge on any atom is -0.457 e. The van der Waals surface area contributed by atoms with E-state index in [1.807, 2.05) is 182 Å². The number of aromatic nitrogens is 1. The third-order valence-corrected chi connectivity index (χ3v) is 10.4. The van der Waals surface area contributed by atoms with Gasteiger partial charge in [-0.3, -0.25) is 0 Å². The van der Waals surface area contributed by atoms with Crippen LogP contribution in [0.2, 0.25) is 0 Å². The van der Waals surface area contributed by atoms with Crippen LogP contribution in [0.1, 0.15) is 44.0 Å². The number of esters is 1. The number of nitrogens with zero attached hydrogens (tertiary/aromatic N) is 2. The number of ether oxygens (including phenoxy) is 1. The van der Waals surface area contributed by atoms with Crippen molar-refractivity contribution in [2.75, 3.05) is 11.9 Å². The second-order valence-corrected chi connectivity index (χ2v) is 13.9. The maximum atomic E-state index is 15.3. The molecular weight excluding hydrogens is 744 g/mol. The van der Waals surface area contributed by atoms with Gasteiger partial charge in [0.15, 0.2) is 5.13 Å². The average molecular weight is 780 g/mol. The van der Waals surface area contributed by atoms with Crippen molar-refractivity contribution >= 4 is 28.1 Å². The third-order valence-electron chi connectivity index (χ3n) is 9.36. The molecule has 0 aliphatic heterocycles. The first kappa shape index (κ1) is 38.5. The predicted molar refractivity (Wildman–Crippen MR) is 218 cm³/mol. The topological polar surface area (TPSA) is 72.8 Å². The monoisotopic (exact) mass is 779 g/mol. The van der Waals surface area contributed by atoms with Gasteiger partial charge in [-0.2, -0.15) is 13.2 Å². The quantitative estimate of drug-likeness (QED) is 0.0391. The standard InChI is InChI=1S/C47H36F3N3O3S/c1-2-33-55-43(54)41(53-56-46(37-27-15-6-16-28-37,38-29-17-7-18-30-38)39-31-19-8-20-32-39)40-42(47(48,49)50)57-44(51-40)52-45(34-21-9-3-10-22-34,35-23-11-4-12-24-35)36-25-13-5-14-26-36/h2-32H,1,33H2,(H,51,52)/b53-41-. The van der Waals surface area contributed by atoms with Crippen LogP contribution in [0.5, 0.6) is 0 Å². The predicted octanol–water partition coefficient (Wildman–Crippen LogP) is 11.0. The van der Waals surface area contributed by atoms with E-state index in [9.17, 15) is 4.79 Å². The maximum absolute atomic E-state index is 15.3. The first-order valence-corrected chi connectivity index (χ1v) is 18.8. The first-order valence-electron chi connectivity index (χ1n) is 18.0. The molecule has 6 nitrogen and oxygen atoms in total. The van der Waals surface area contributed by atoms with E-state index in [1.54, 1.807) is 0 Å². The summed E-state index contributed by atoms with van der Waals surface area (Å²) in [4.78, 5) is 23.9. The lowest BCUT2D eigenvalue weighted by atomic mass is 9.77. The number of nitrogens with one attached hydrogen (secondary N) is 1. The van der Waals surface area contributed by atoms with Gasteiger partial charge < -0.3 is 14.9 Å².